The van der Waals surface area contributed by atoms with Gasteiger partial charge in [-0.05, 0) is 70.4 Å². The molecule has 13 heteroatoms. The Hall–Kier alpha value is -3.61. The highest BCUT2D eigenvalue weighted by Gasteiger charge is 2.37. The van der Waals surface area contributed by atoms with E-state index < -0.39 is 17.8 Å². The number of halogens is 3. The van der Waals surface area contributed by atoms with E-state index in [1.165, 1.54) is 7.11 Å². The Morgan fingerprint density at radius 2 is 1.79 bits per heavy atom. The number of piperidine rings is 1. The van der Waals surface area contributed by atoms with Crippen LogP contribution in [0.4, 0.5) is 30.6 Å². The molecular formula is C29H40F3N7O3. The van der Waals surface area contributed by atoms with Crippen LogP contribution in [0.2, 0.25) is 0 Å². The smallest absolute Gasteiger partial charge is 0.421 e. The van der Waals surface area contributed by atoms with Crippen LogP contribution in [-0.4, -0.2) is 72.1 Å². The quantitative estimate of drug-likeness (QED) is 0.314. The summed E-state index contributed by atoms with van der Waals surface area (Å²) in [5.74, 6) is -0.466. The Bertz CT molecular complexity index is 1240. The normalized spacial score (nSPS) is 20.0. The average molecular weight is 592 g/mol. The number of benzene rings is 1. The Kier molecular flexibility index (Phi) is 10.5. The number of ether oxygens (including phenoxy) is 1. The Morgan fingerprint density at radius 3 is 2.45 bits per heavy atom. The highest BCUT2D eigenvalue weighted by molar-refractivity contribution is 5.95. The summed E-state index contributed by atoms with van der Waals surface area (Å²) in [6, 6.07) is 4.16. The SMILES string of the molecule is CCCC(=O)N[C@@H]1CCCC[C@H]1Nc1nc(Nc2ccc(C(=O)NC3CCN(C)CC3)cc2OC)ncc1C(F)(F)F. The predicted molar refractivity (Wildman–Crippen MR) is 154 cm³/mol. The molecule has 2 aromatic rings. The summed E-state index contributed by atoms with van der Waals surface area (Å²) in [7, 11) is 3.49. The van der Waals surface area contributed by atoms with E-state index in [-0.39, 0.29) is 35.7 Å². The second-order valence-corrected chi connectivity index (χ2v) is 11.0. The summed E-state index contributed by atoms with van der Waals surface area (Å²) in [5.41, 5.74) is -0.202. The van der Waals surface area contributed by atoms with Gasteiger partial charge >= 0.3 is 6.18 Å². The number of amides is 2. The van der Waals surface area contributed by atoms with Gasteiger partial charge in [-0.3, -0.25) is 9.59 Å². The molecule has 1 saturated carbocycles. The Morgan fingerprint density at radius 1 is 1.07 bits per heavy atom. The van der Waals surface area contributed by atoms with Gasteiger partial charge in [0.05, 0.1) is 12.8 Å². The zero-order valence-electron chi connectivity index (χ0n) is 24.3. The first-order valence-corrected chi connectivity index (χ1v) is 14.5. The van der Waals surface area contributed by atoms with Gasteiger partial charge in [-0.15, -0.1) is 0 Å². The summed E-state index contributed by atoms with van der Waals surface area (Å²) in [6.45, 7) is 3.72. The summed E-state index contributed by atoms with van der Waals surface area (Å²) >= 11 is 0. The number of alkyl halides is 3. The van der Waals surface area contributed by atoms with Crippen molar-refractivity contribution in [3.8, 4) is 5.75 Å². The number of hydrogen-bond donors (Lipinski definition) is 4. The second-order valence-electron chi connectivity index (χ2n) is 11.0. The molecule has 2 aliphatic rings. The van der Waals surface area contributed by atoms with Crippen LogP contribution < -0.4 is 26.0 Å². The molecule has 0 bridgehead atoms. The third-order valence-corrected chi connectivity index (χ3v) is 7.77. The van der Waals surface area contributed by atoms with E-state index in [1.54, 1.807) is 18.2 Å². The highest BCUT2D eigenvalue weighted by atomic mass is 19.4. The van der Waals surface area contributed by atoms with Crippen molar-refractivity contribution in [2.24, 2.45) is 0 Å². The van der Waals surface area contributed by atoms with Gasteiger partial charge in [-0.2, -0.15) is 18.2 Å². The topological polar surface area (TPSA) is 121 Å². The highest BCUT2D eigenvalue weighted by Crippen LogP contribution is 2.36. The Balaban J connectivity index is 1.52. The molecule has 0 unspecified atom stereocenters. The first kappa shape index (κ1) is 31.3. The zero-order valence-corrected chi connectivity index (χ0v) is 24.3. The fourth-order valence-corrected chi connectivity index (χ4v) is 5.40. The van der Waals surface area contributed by atoms with Gasteiger partial charge in [0, 0.05) is 36.3 Å². The van der Waals surface area contributed by atoms with E-state index in [1.807, 2.05) is 6.92 Å². The number of hydrogen-bond acceptors (Lipinski definition) is 8. The number of aromatic nitrogens is 2. The van der Waals surface area contributed by atoms with Crippen LogP contribution in [-0.2, 0) is 11.0 Å². The minimum Gasteiger partial charge on any atom is -0.495 e. The zero-order chi connectivity index (χ0) is 30.3. The van der Waals surface area contributed by atoms with Gasteiger partial charge in [0.15, 0.2) is 0 Å². The number of rotatable bonds is 10. The molecule has 1 aliphatic heterocycles. The van der Waals surface area contributed by atoms with Crippen molar-refractivity contribution in [3.63, 3.8) is 0 Å². The molecule has 1 aliphatic carbocycles. The molecule has 2 fully saturated rings. The summed E-state index contributed by atoms with van der Waals surface area (Å²) in [6.07, 6.45) is 1.80. The molecule has 42 heavy (non-hydrogen) atoms. The number of carbonyl (C=O) groups is 2. The van der Waals surface area contributed by atoms with Crippen molar-refractivity contribution < 1.29 is 27.5 Å². The number of nitrogens with one attached hydrogen (secondary N) is 4. The molecule has 1 saturated heterocycles. The van der Waals surface area contributed by atoms with Gasteiger partial charge in [-0.25, -0.2) is 4.98 Å². The lowest BCUT2D eigenvalue weighted by Crippen LogP contribution is -2.48. The molecule has 0 radical (unpaired) electrons. The van der Waals surface area contributed by atoms with Gasteiger partial charge < -0.3 is 30.9 Å². The van der Waals surface area contributed by atoms with Crippen molar-refractivity contribution in [1.82, 2.24) is 25.5 Å². The van der Waals surface area contributed by atoms with Gasteiger partial charge in [-0.1, -0.05) is 19.8 Å². The monoisotopic (exact) mass is 591 g/mol. The number of anilines is 3. The van der Waals surface area contributed by atoms with Crippen LogP contribution in [0.1, 0.15) is 74.2 Å². The molecule has 1 aromatic heterocycles. The first-order valence-electron chi connectivity index (χ1n) is 14.5. The molecule has 4 N–H and O–H groups in total. The lowest BCUT2D eigenvalue weighted by atomic mass is 9.90. The maximum absolute atomic E-state index is 13.9. The van der Waals surface area contributed by atoms with Gasteiger partial charge in [0.1, 0.15) is 17.1 Å². The first-order chi connectivity index (χ1) is 20.1. The standard InChI is InChI=1S/C29H40F3N7O3/c1-4-7-25(40)35-21-8-5-6-9-22(21)36-26-20(29(30,31)32)17-33-28(38-26)37-23-11-10-18(16-24(23)42-3)27(41)34-19-12-14-39(2)15-13-19/h10-11,16-17,19,21-22H,4-9,12-15H2,1-3H3,(H,34,41)(H,35,40)(H2,33,36,37,38)/t21-,22-/m1/s1. The maximum Gasteiger partial charge on any atom is 0.421 e. The number of methoxy groups -OCH3 is 1. The fourth-order valence-electron chi connectivity index (χ4n) is 5.40. The minimum atomic E-state index is -4.68. The van der Waals surface area contributed by atoms with E-state index in [2.05, 4.69) is 43.2 Å². The molecule has 0 spiro atoms. The average Bonchev–Trinajstić information content (AvgIpc) is 2.95. The molecular weight excluding hydrogens is 551 g/mol. The van der Waals surface area contributed by atoms with Gasteiger partial charge in [0.25, 0.3) is 5.91 Å². The van der Waals surface area contributed by atoms with E-state index in [0.717, 1.165) is 45.0 Å². The fraction of sp³-hybridized carbons (Fsp3) is 0.586. The van der Waals surface area contributed by atoms with Crippen LogP contribution in [0.15, 0.2) is 24.4 Å². The van der Waals surface area contributed by atoms with E-state index in [4.69, 9.17) is 4.74 Å². The van der Waals surface area contributed by atoms with Crippen LogP contribution >= 0.6 is 0 Å². The molecule has 4 rings (SSSR count). The van der Waals surface area contributed by atoms with Crippen LogP contribution in [0.25, 0.3) is 0 Å². The molecule has 1 aromatic carbocycles. The molecule has 230 valence electrons. The van der Waals surface area contributed by atoms with Gasteiger partial charge in [0.2, 0.25) is 11.9 Å². The molecule has 2 atom stereocenters. The summed E-state index contributed by atoms with van der Waals surface area (Å²) in [5, 5.41) is 11.9. The number of carbonyl (C=O) groups excluding carboxylic acids is 2. The van der Waals surface area contributed by atoms with Crippen LogP contribution in [0.5, 0.6) is 5.75 Å². The lowest BCUT2D eigenvalue weighted by molar-refractivity contribution is -0.137. The lowest BCUT2D eigenvalue weighted by Gasteiger charge is -2.33. The molecule has 2 amide bonds. The van der Waals surface area contributed by atoms with Crippen molar-refractivity contribution in [2.75, 3.05) is 37.9 Å². The van der Waals surface area contributed by atoms with Crippen molar-refractivity contribution in [2.45, 2.75) is 82.6 Å². The van der Waals surface area contributed by atoms with E-state index in [0.29, 0.717) is 42.7 Å². The third-order valence-electron chi connectivity index (χ3n) is 7.77. The van der Waals surface area contributed by atoms with Crippen molar-refractivity contribution in [3.05, 3.63) is 35.5 Å². The largest absolute Gasteiger partial charge is 0.495 e. The second kappa shape index (κ2) is 14.0. The Labute approximate surface area is 244 Å². The predicted octanol–water partition coefficient (Wildman–Crippen LogP) is 4.71. The van der Waals surface area contributed by atoms with Crippen LogP contribution in [0, 0.1) is 0 Å². The number of nitrogens with zero attached hydrogens (tertiary/aromatic N) is 3. The summed E-state index contributed by atoms with van der Waals surface area (Å²) in [4.78, 5) is 35.4. The third kappa shape index (κ3) is 8.24. The van der Waals surface area contributed by atoms with Crippen LogP contribution in [0.3, 0.4) is 0 Å². The maximum atomic E-state index is 13.9. The molecule has 10 nitrogen and oxygen atoms in total. The van der Waals surface area contributed by atoms with E-state index in [9.17, 15) is 22.8 Å². The number of likely N-dealkylation sites (tertiary alicyclic amines) is 1. The summed E-state index contributed by atoms with van der Waals surface area (Å²) < 4.78 is 47.2. The minimum absolute atomic E-state index is 0.0743. The van der Waals surface area contributed by atoms with E-state index >= 15 is 0 Å². The van der Waals surface area contributed by atoms with Crippen molar-refractivity contribution in [1.29, 1.82) is 0 Å². The van der Waals surface area contributed by atoms with Crippen molar-refractivity contribution >= 4 is 29.3 Å². The molecule has 2 heterocycles.